The van der Waals surface area contributed by atoms with E-state index >= 15 is 0 Å². The van der Waals surface area contributed by atoms with E-state index < -0.39 is 5.56 Å². The van der Waals surface area contributed by atoms with Gasteiger partial charge in [-0.3, -0.25) is 4.79 Å². The molecule has 0 saturated carbocycles. The Morgan fingerprint density at radius 2 is 1.88 bits per heavy atom. The van der Waals surface area contributed by atoms with Gasteiger partial charge in [-0.25, -0.2) is 0 Å². The first-order chi connectivity index (χ1) is 8.00. The Morgan fingerprint density at radius 1 is 1.29 bits per heavy atom. The molecule has 88 valence electrons. The minimum absolute atomic E-state index is 0.147. The molecule has 1 aromatic heterocycles. The molecule has 2 N–H and O–H groups in total. The summed E-state index contributed by atoms with van der Waals surface area (Å²) in [5.41, 5.74) is 0.114. The van der Waals surface area contributed by atoms with Gasteiger partial charge in [0, 0.05) is 0 Å². The molecule has 2 aromatic rings. The Hall–Kier alpha value is -1.52. The highest BCUT2D eigenvalue weighted by Crippen LogP contribution is 2.32. The van der Waals surface area contributed by atoms with Crippen molar-refractivity contribution in [3.05, 3.63) is 44.2 Å². The van der Waals surface area contributed by atoms with Crippen LogP contribution in [0.2, 0.25) is 10.0 Å². The maximum Gasteiger partial charge on any atom is 0.257 e. The van der Waals surface area contributed by atoms with E-state index in [2.05, 4.69) is 9.97 Å². The highest BCUT2D eigenvalue weighted by Gasteiger charge is 2.13. The molecule has 6 heteroatoms. The number of halogens is 2. The number of aromatic nitrogens is 2. The van der Waals surface area contributed by atoms with Crippen molar-refractivity contribution in [2.45, 2.75) is 6.92 Å². The minimum atomic E-state index is -0.427. The zero-order chi connectivity index (χ0) is 12.6. The Kier molecular flexibility index (Phi) is 3.09. The van der Waals surface area contributed by atoms with Crippen molar-refractivity contribution in [1.82, 2.24) is 9.97 Å². The molecule has 0 amide bonds. The van der Waals surface area contributed by atoms with Gasteiger partial charge < -0.3 is 10.1 Å². The van der Waals surface area contributed by atoms with Crippen molar-refractivity contribution in [3.8, 4) is 17.3 Å². The second-order valence-corrected chi connectivity index (χ2v) is 4.27. The third-order valence-electron chi connectivity index (χ3n) is 2.33. The van der Waals surface area contributed by atoms with E-state index in [1.807, 2.05) is 0 Å². The van der Waals surface area contributed by atoms with E-state index in [1.165, 1.54) is 6.92 Å². The van der Waals surface area contributed by atoms with Gasteiger partial charge >= 0.3 is 0 Å². The number of nitrogens with zero attached hydrogens (tertiary/aromatic N) is 1. The largest absolute Gasteiger partial charge is 0.493 e. The van der Waals surface area contributed by atoms with Gasteiger partial charge in [0.15, 0.2) is 0 Å². The molecule has 0 aliphatic carbocycles. The SMILES string of the molecule is Cc1c(O)nc(-c2c(Cl)cccc2Cl)[nH]c1=O. The summed E-state index contributed by atoms with van der Waals surface area (Å²) in [6.07, 6.45) is 0. The van der Waals surface area contributed by atoms with E-state index in [-0.39, 0.29) is 17.3 Å². The smallest absolute Gasteiger partial charge is 0.257 e. The number of nitrogens with one attached hydrogen (secondary N) is 1. The van der Waals surface area contributed by atoms with E-state index in [0.717, 1.165) is 0 Å². The standard InChI is InChI=1S/C11H8Cl2N2O2/c1-5-10(16)14-9(15-11(5)17)8-6(12)3-2-4-7(8)13/h2-4H,1H3,(H2,14,15,16,17). The van der Waals surface area contributed by atoms with Crippen LogP contribution in [0.5, 0.6) is 5.88 Å². The number of aromatic amines is 1. The van der Waals surface area contributed by atoms with Crippen LogP contribution in [0.1, 0.15) is 5.56 Å². The average molecular weight is 271 g/mol. The van der Waals surface area contributed by atoms with Crippen LogP contribution in [0.15, 0.2) is 23.0 Å². The lowest BCUT2D eigenvalue weighted by atomic mass is 10.2. The van der Waals surface area contributed by atoms with Crippen molar-refractivity contribution in [2.75, 3.05) is 0 Å². The van der Waals surface area contributed by atoms with Crippen LogP contribution in [0.3, 0.4) is 0 Å². The number of rotatable bonds is 1. The van der Waals surface area contributed by atoms with Crippen LogP contribution in [0, 0.1) is 6.92 Å². The number of benzene rings is 1. The van der Waals surface area contributed by atoms with Gasteiger partial charge in [0.25, 0.3) is 5.56 Å². The summed E-state index contributed by atoms with van der Waals surface area (Å²) in [4.78, 5) is 17.9. The van der Waals surface area contributed by atoms with E-state index in [0.29, 0.717) is 15.6 Å². The molecule has 17 heavy (non-hydrogen) atoms. The van der Waals surface area contributed by atoms with Crippen LogP contribution in [-0.4, -0.2) is 15.1 Å². The van der Waals surface area contributed by atoms with Gasteiger partial charge in [-0.05, 0) is 19.1 Å². The van der Waals surface area contributed by atoms with Gasteiger partial charge in [0.2, 0.25) is 5.88 Å². The summed E-state index contributed by atoms with van der Waals surface area (Å²) >= 11 is 12.0. The van der Waals surface area contributed by atoms with Crippen molar-refractivity contribution < 1.29 is 5.11 Å². The number of H-pyrrole nitrogens is 1. The van der Waals surface area contributed by atoms with Gasteiger partial charge in [0.05, 0.1) is 21.2 Å². The molecule has 0 aliphatic rings. The lowest BCUT2D eigenvalue weighted by Crippen LogP contribution is -2.12. The lowest BCUT2D eigenvalue weighted by molar-refractivity contribution is 0.447. The Morgan fingerprint density at radius 3 is 2.41 bits per heavy atom. The van der Waals surface area contributed by atoms with Crippen molar-refractivity contribution in [1.29, 1.82) is 0 Å². The highest BCUT2D eigenvalue weighted by molar-refractivity contribution is 6.38. The van der Waals surface area contributed by atoms with Crippen LogP contribution >= 0.6 is 23.2 Å². The van der Waals surface area contributed by atoms with Gasteiger partial charge in [-0.2, -0.15) is 4.98 Å². The third-order valence-corrected chi connectivity index (χ3v) is 2.96. The summed E-state index contributed by atoms with van der Waals surface area (Å²) in [5, 5.41) is 10.2. The predicted octanol–water partition coefficient (Wildman–Crippen LogP) is 2.76. The van der Waals surface area contributed by atoms with Crippen molar-refractivity contribution >= 4 is 23.2 Å². The molecule has 0 unspecified atom stereocenters. The van der Waals surface area contributed by atoms with E-state index in [4.69, 9.17) is 23.2 Å². The molecular formula is C11H8Cl2N2O2. The average Bonchev–Trinajstić information content (AvgIpc) is 2.25. The van der Waals surface area contributed by atoms with Gasteiger partial charge in [-0.15, -0.1) is 0 Å². The first-order valence-corrected chi connectivity index (χ1v) is 5.50. The Bertz CT molecular complexity index is 618. The number of hydrogen-bond acceptors (Lipinski definition) is 3. The summed E-state index contributed by atoms with van der Waals surface area (Å²) in [6.45, 7) is 1.47. The highest BCUT2D eigenvalue weighted by atomic mass is 35.5. The first-order valence-electron chi connectivity index (χ1n) is 4.75. The Labute approximate surface area is 107 Å². The molecule has 0 spiro atoms. The number of hydrogen-bond donors (Lipinski definition) is 2. The van der Waals surface area contributed by atoms with Gasteiger partial charge in [-0.1, -0.05) is 29.3 Å². The maximum atomic E-state index is 11.5. The molecular weight excluding hydrogens is 263 g/mol. The minimum Gasteiger partial charge on any atom is -0.493 e. The van der Waals surface area contributed by atoms with Crippen LogP contribution in [0.25, 0.3) is 11.4 Å². The van der Waals surface area contributed by atoms with Crippen LogP contribution in [0.4, 0.5) is 0 Å². The van der Waals surface area contributed by atoms with Crippen LogP contribution < -0.4 is 5.56 Å². The second kappa shape index (κ2) is 4.39. The fraction of sp³-hybridized carbons (Fsp3) is 0.0909. The van der Waals surface area contributed by atoms with Gasteiger partial charge in [0.1, 0.15) is 5.82 Å². The topological polar surface area (TPSA) is 66.0 Å². The Balaban J connectivity index is 2.74. The molecule has 0 bridgehead atoms. The number of aromatic hydroxyl groups is 1. The fourth-order valence-electron chi connectivity index (χ4n) is 1.36. The first kappa shape index (κ1) is 12.0. The quantitative estimate of drug-likeness (QED) is 0.838. The maximum absolute atomic E-state index is 11.5. The summed E-state index contributed by atoms with van der Waals surface area (Å²) in [6, 6.07) is 4.93. The molecule has 2 rings (SSSR count). The summed E-state index contributed by atoms with van der Waals surface area (Å²) in [7, 11) is 0. The molecule has 1 aromatic carbocycles. The van der Waals surface area contributed by atoms with E-state index in [1.54, 1.807) is 18.2 Å². The van der Waals surface area contributed by atoms with Crippen molar-refractivity contribution in [2.24, 2.45) is 0 Å². The second-order valence-electron chi connectivity index (χ2n) is 3.46. The molecule has 0 saturated heterocycles. The molecule has 0 atom stereocenters. The molecule has 0 fully saturated rings. The fourth-order valence-corrected chi connectivity index (χ4v) is 1.94. The molecule has 4 nitrogen and oxygen atoms in total. The molecule has 0 aliphatic heterocycles. The monoisotopic (exact) mass is 270 g/mol. The lowest BCUT2D eigenvalue weighted by Gasteiger charge is -2.07. The predicted molar refractivity (Wildman–Crippen MR) is 66.7 cm³/mol. The van der Waals surface area contributed by atoms with Crippen LogP contribution in [-0.2, 0) is 0 Å². The summed E-state index contributed by atoms with van der Waals surface area (Å²) < 4.78 is 0. The zero-order valence-corrected chi connectivity index (χ0v) is 10.3. The van der Waals surface area contributed by atoms with E-state index in [9.17, 15) is 9.90 Å². The zero-order valence-electron chi connectivity index (χ0n) is 8.79. The summed E-state index contributed by atoms with van der Waals surface area (Å²) in [5.74, 6) is -0.187. The van der Waals surface area contributed by atoms with Crippen molar-refractivity contribution in [3.63, 3.8) is 0 Å². The molecule has 1 heterocycles. The third kappa shape index (κ3) is 2.14. The normalized spacial score (nSPS) is 10.5. The molecule has 0 radical (unpaired) electrons.